The van der Waals surface area contributed by atoms with Crippen molar-refractivity contribution >= 4 is 17.9 Å². The van der Waals surface area contributed by atoms with E-state index in [1.54, 1.807) is 4.90 Å². The number of carbonyl (C=O) groups excluding carboxylic acids is 1. The van der Waals surface area contributed by atoms with Gasteiger partial charge < -0.3 is 9.47 Å². The van der Waals surface area contributed by atoms with E-state index in [-0.39, 0.29) is 12.1 Å². The van der Waals surface area contributed by atoms with E-state index < -0.39 is 11.3 Å². The zero-order valence-corrected chi connectivity index (χ0v) is 16.6. The van der Waals surface area contributed by atoms with Gasteiger partial charge >= 0.3 is 6.09 Å². The van der Waals surface area contributed by atoms with Gasteiger partial charge in [0.05, 0.1) is 12.6 Å². The van der Waals surface area contributed by atoms with Gasteiger partial charge in [0.2, 0.25) is 0 Å². The summed E-state index contributed by atoms with van der Waals surface area (Å²) in [5.41, 5.74) is -1.07. The number of carbonyl (C=O) groups is 1. The summed E-state index contributed by atoms with van der Waals surface area (Å²) in [4.78, 5) is 14.3. The Labute approximate surface area is 146 Å². The van der Waals surface area contributed by atoms with Crippen molar-refractivity contribution in [3.63, 3.8) is 0 Å². The van der Waals surface area contributed by atoms with Crippen LogP contribution in [0.4, 0.5) is 4.79 Å². The van der Waals surface area contributed by atoms with Crippen molar-refractivity contribution in [1.29, 1.82) is 0 Å². The number of unbranched alkanes of at least 4 members (excludes halogenated alkanes) is 4. The second kappa shape index (κ2) is 9.16. The Hall–Kier alpha value is -0.420. The molecule has 0 spiro atoms. The van der Waals surface area contributed by atoms with Crippen molar-refractivity contribution in [3.05, 3.63) is 0 Å². The number of ether oxygens (including phenoxy) is 2. The second-order valence-corrected chi connectivity index (χ2v) is 8.90. The van der Waals surface area contributed by atoms with Crippen molar-refractivity contribution in [1.82, 2.24) is 4.90 Å². The third-order valence-electron chi connectivity index (χ3n) is 3.87. The molecule has 1 aliphatic rings. The van der Waals surface area contributed by atoms with Crippen molar-refractivity contribution in [2.24, 2.45) is 0 Å². The van der Waals surface area contributed by atoms with E-state index in [1.807, 2.05) is 46.4 Å². The summed E-state index contributed by atoms with van der Waals surface area (Å²) in [5, 5.41) is 0. The molecule has 0 aromatic carbocycles. The van der Waals surface area contributed by atoms with E-state index in [2.05, 4.69) is 6.92 Å². The van der Waals surface area contributed by atoms with Crippen molar-refractivity contribution in [3.8, 4) is 0 Å². The van der Waals surface area contributed by atoms with Gasteiger partial charge in [-0.25, -0.2) is 4.79 Å². The van der Waals surface area contributed by atoms with Crippen LogP contribution in [-0.2, 0) is 9.47 Å². The first kappa shape index (κ1) is 20.6. The molecule has 1 fully saturated rings. The van der Waals surface area contributed by atoms with Crippen LogP contribution in [0.5, 0.6) is 0 Å². The van der Waals surface area contributed by atoms with Crippen LogP contribution in [0.15, 0.2) is 0 Å². The quantitative estimate of drug-likeness (QED) is 0.576. The Balaban J connectivity index is 2.42. The lowest BCUT2D eigenvalue weighted by Gasteiger charge is -2.35. The highest BCUT2D eigenvalue weighted by Crippen LogP contribution is 2.31. The summed E-state index contributed by atoms with van der Waals surface area (Å²) < 4.78 is 11.4. The molecular formula is C18H35NO3S. The molecule has 0 aromatic rings. The number of thioether (sulfide) groups is 1. The van der Waals surface area contributed by atoms with Crippen LogP contribution in [0.3, 0.4) is 0 Å². The fourth-order valence-corrected chi connectivity index (χ4v) is 3.81. The van der Waals surface area contributed by atoms with Crippen molar-refractivity contribution in [2.45, 2.75) is 91.0 Å². The lowest BCUT2D eigenvalue weighted by Crippen LogP contribution is -2.50. The standard InChI is InChI=1S/C18H35NO3S/c1-7-8-9-10-11-12-23-14-15-13-21-18(5,6)19(15)16(20)22-17(2,3)4/h15H,7-14H2,1-6H3/t15-/m0/s1. The normalized spacial score (nSPS) is 20.8. The van der Waals surface area contributed by atoms with Crippen LogP contribution in [-0.4, -0.2) is 46.5 Å². The van der Waals surface area contributed by atoms with Crippen molar-refractivity contribution in [2.75, 3.05) is 18.1 Å². The van der Waals surface area contributed by atoms with Gasteiger partial charge in [0.15, 0.2) is 0 Å². The highest BCUT2D eigenvalue weighted by molar-refractivity contribution is 7.99. The highest BCUT2D eigenvalue weighted by atomic mass is 32.2. The molecule has 1 saturated heterocycles. The Kier molecular flexibility index (Phi) is 8.22. The van der Waals surface area contributed by atoms with E-state index in [0.29, 0.717) is 6.61 Å². The minimum Gasteiger partial charge on any atom is -0.444 e. The maximum atomic E-state index is 12.5. The lowest BCUT2D eigenvalue weighted by molar-refractivity contribution is -0.0617. The molecule has 1 heterocycles. The molecule has 0 saturated carbocycles. The van der Waals surface area contributed by atoms with Gasteiger partial charge in [-0.2, -0.15) is 11.8 Å². The van der Waals surface area contributed by atoms with E-state index in [9.17, 15) is 4.79 Å². The molecule has 0 radical (unpaired) electrons. The average Bonchev–Trinajstić information content (AvgIpc) is 2.71. The summed E-state index contributed by atoms with van der Waals surface area (Å²) in [6, 6.07) is 0.0977. The zero-order chi connectivity index (χ0) is 17.5. The average molecular weight is 346 g/mol. The summed E-state index contributed by atoms with van der Waals surface area (Å²) in [7, 11) is 0. The minimum absolute atomic E-state index is 0.0977. The molecule has 1 rings (SSSR count). The molecule has 5 heteroatoms. The predicted molar refractivity (Wildman–Crippen MR) is 98.0 cm³/mol. The molecule has 0 unspecified atom stereocenters. The molecule has 1 amide bonds. The van der Waals surface area contributed by atoms with Crippen LogP contribution >= 0.6 is 11.8 Å². The Bertz CT molecular complexity index is 366. The largest absolute Gasteiger partial charge is 0.444 e. The first-order valence-corrected chi connectivity index (χ1v) is 10.1. The molecule has 0 N–H and O–H groups in total. The van der Waals surface area contributed by atoms with E-state index in [1.165, 1.54) is 32.1 Å². The maximum absolute atomic E-state index is 12.5. The number of rotatable bonds is 8. The summed E-state index contributed by atoms with van der Waals surface area (Å²) in [6.45, 7) is 12.4. The van der Waals surface area contributed by atoms with E-state index >= 15 is 0 Å². The van der Waals surface area contributed by atoms with Gasteiger partial charge in [0.25, 0.3) is 0 Å². The number of hydrogen-bond acceptors (Lipinski definition) is 4. The number of amides is 1. The fourth-order valence-electron chi connectivity index (χ4n) is 2.71. The van der Waals surface area contributed by atoms with Gasteiger partial charge in [-0.1, -0.05) is 32.6 Å². The van der Waals surface area contributed by atoms with Crippen LogP contribution in [0.25, 0.3) is 0 Å². The fraction of sp³-hybridized carbons (Fsp3) is 0.944. The first-order chi connectivity index (χ1) is 10.7. The predicted octanol–water partition coefficient (Wildman–Crippen LogP) is 5.06. The maximum Gasteiger partial charge on any atom is 0.412 e. The SMILES string of the molecule is CCCCCCCSC[C@@H]1COC(C)(C)N1C(=O)OC(C)(C)C. The van der Waals surface area contributed by atoms with Crippen LogP contribution in [0.2, 0.25) is 0 Å². The van der Waals surface area contributed by atoms with Gasteiger partial charge in [-0.3, -0.25) is 4.90 Å². The molecule has 1 aliphatic heterocycles. The summed E-state index contributed by atoms with van der Waals surface area (Å²) >= 11 is 1.92. The second-order valence-electron chi connectivity index (χ2n) is 7.75. The molecular weight excluding hydrogens is 310 g/mol. The van der Waals surface area contributed by atoms with Gasteiger partial charge in [0.1, 0.15) is 11.3 Å². The van der Waals surface area contributed by atoms with E-state index in [4.69, 9.17) is 9.47 Å². The molecule has 0 bridgehead atoms. The van der Waals surface area contributed by atoms with Crippen LogP contribution in [0.1, 0.15) is 73.6 Å². The molecule has 136 valence electrons. The molecule has 1 atom stereocenters. The van der Waals surface area contributed by atoms with Crippen LogP contribution in [0, 0.1) is 0 Å². The molecule has 23 heavy (non-hydrogen) atoms. The van der Waals surface area contributed by atoms with Crippen LogP contribution < -0.4 is 0 Å². The lowest BCUT2D eigenvalue weighted by atomic mass is 10.2. The topological polar surface area (TPSA) is 38.8 Å². The number of hydrogen-bond donors (Lipinski definition) is 0. The van der Waals surface area contributed by atoms with Gasteiger partial charge in [0, 0.05) is 5.75 Å². The Morgan fingerprint density at radius 2 is 1.91 bits per heavy atom. The Morgan fingerprint density at radius 3 is 2.52 bits per heavy atom. The molecule has 4 nitrogen and oxygen atoms in total. The monoisotopic (exact) mass is 345 g/mol. The number of nitrogens with zero attached hydrogens (tertiary/aromatic N) is 1. The third-order valence-corrected chi connectivity index (χ3v) is 5.06. The van der Waals surface area contributed by atoms with Gasteiger partial charge in [-0.15, -0.1) is 0 Å². The van der Waals surface area contributed by atoms with E-state index in [0.717, 1.165) is 11.5 Å². The minimum atomic E-state index is -0.589. The summed E-state index contributed by atoms with van der Waals surface area (Å²) in [5.74, 6) is 2.07. The molecule has 0 aromatic heterocycles. The Morgan fingerprint density at radius 1 is 1.26 bits per heavy atom. The smallest absolute Gasteiger partial charge is 0.412 e. The first-order valence-electron chi connectivity index (χ1n) is 8.91. The molecule has 0 aliphatic carbocycles. The summed E-state index contributed by atoms with van der Waals surface area (Å²) in [6.07, 6.45) is 6.25. The van der Waals surface area contributed by atoms with Crippen molar-refractivity contribution < 1.29 is 14.3 Å². The van der Waals surface area contributed by atoms with Gasteiger partial charge in [-0.05, 0) is 46.8 Å². The third kappa shape index (κ3) is 7.34. The highest BCUT2D eigenvalue weighted by Gasteiger charge is 2.45. The zero-order valence-electron chi connectivity index (χ0n) is 15.8.